The molecule has 0 aliphatic rings. The van der Waals surface area contributed by atoms with Crippen LogP contribution in [0.5, 0.6) is 0 Å². The Labute approximate surface area is 98.6 Å². The van der Waals surface area contributed by atoms with E-state index in [0.29, 0.717) is 12.0 Å². The smallest absolute Gasteiger partial charge is 0.338 e. The molecule has 1 rings (SSSR count). The zero-order valence-corrected chi connectivity index (χ0v) is 9.51. The number of hydrogen-bond acceptors (Lipinski definition) is 3. The van der Waals surface area contributed by atoms with Crippen LogP contribution in [-0.2, 0) is 0 Å². The largest absolute Gasteiger partial charge is 0.478 e. The fraction of sp³-hybridized carbons (Fsp3) is 0.273. The van der Waals surface area contributed by atoms with Gasteiger partial charge in [-0.1, -0.05) is 23.4 Å². The predicted molar refractivity (Wildman–Crippen MR) is 61.6 cm³/mol. The molecule has 0 aromatic carbocycles. The number of aromatic carboxylic acids is 1. The van der Waals surface area contributed by atoms with Gasteiger partial charge in [-0.15, -0.1) is 0 Å². The van der Waals surface area contributed by atoms with Crippen LogP contribution in [0.2, 0.25) is 5.15 Å². The molecule has 2 N–H and O–H groups in total. The summed E-state index contributed by atoms with van der Waals surface area (Å²) in [6.45, 7) is 0.791. The Morgan fingerprint density at radius 3 is 3.06 bits per heavy atom. The van der Waals surface area contributed by atoms with Crippen LogP contribution < -0.4 is 5.32 Å². The van der Waals surface area contributed by atoms with Gasteiger partial charge < -0.3 is 10.4 Å². The van der Waals surface area contributed by atoms with Crippen LogP contribution >= 0.6 is 11.6 Å². The first-order chi connectivity index (χ1) is 7.65. The van der Waals surface area contributed by atoms with Gasteiger partial charge in [0.25, 0.3) is 0 Å². The molecule has 0 saturated heterocycles. The molecule has 0 saturated carbocycles. The molecule has 0 unspecified atom stereocenters. The fourth-order valence-electron chi connectivity index (χ4n) is 1.02. The van der Waals surface area contributed by atoms with E-state index in [2.05, 4.69) is 22.1 Å². The summed E-state index contributed by atoms with van der Waals surface area (Å²) in [5, 5.41) is 11.8. The second kappa shape index (κ2) is 6.11. The van der Waals surface area contributed by atoms with Crippen LogP contribution in [0.3, 0.4) is 0 Å². The van der Waals surface area contributed by atoms with Crippen LogP contribution in [0, 0.1) is 11.8 Å². The molecule has 84 valence electrons. The number of nitrogens with zero attached hydrogens (tertiary/aromatic N) is 1. The molecule has 1 aromatic heterocycles. The highest BCUT2D eigenvalue weighted by Gasteiger charge is 2.09. The molecule has 0 radical (unpaired) electrons. The molecule has 1 heterocycles. The first-order valence-corrected chi connectivity index (χ1v) is 5.05. The highest BCUT2D eigenvalue weighted by molar-refractivity contribution is 6.32. The van der Waals surface area contributed by atoms with Crippen molar-refractivity contribution in [2.24, 2.45) is 0 Å². The average molecular weight is 239 g/mol. The van der Waals surface area contributed by atoms with Crippen molar-refractivity contribution in [3.63, 3.8) is 0 Å². The summed E-state index contributed by atoms with van der Waals surface area (Å²) in [6.07, 6.45) is 2.16. The third-order valence-electron chi connectivity index (χ3n) is 1.80. The van der Waals surface area contributed by atoms with Gasteiger partial charge >= 0.3 is 5.97 Å². The third kappa shape index (κ3) is 3.54. The number of carbonyl (C=O) groups is 1. The minimum absolute atomic E-state index is 0.0201. The van der Waals surface area contributed by atoms with Crippen LogP contribution in [0.1, 0.15) is 22.3 Å². The molecule has 0 fully saturated rings. The molecule has 4 nitrogen and oxygen atoms in total. The number of nitrogens with one attached hydrogen (secondary N) is 1. The van der Waals surface area contributed by atoms with Gasteiger partial charge in [0.05, 0.1) is 5.56 Å². The Bertz CT molecular complexity index is 449. The topological polar surface area (TPSA) is 62.2 Å². The fourth-order valence-corrected chi connectivity index (χ4v) is 1.20. The zero-order valence-electron chi connectivity index (χ0n) is 8.75. The SMILES string of the molecule is CNCCC#Cc1cnc(Cl)c(C(=O)O)c1. The summed E-state index contributed by atoms with van der Waals surface area (Å²) in [4.78, 5) is 14.5. The summed E-state index contributed by atoms with van der Waals surface area (Å²) < 4.78 is 0. The van der Waals surface area contributed by atoms with E-state index in [1.807, 2.05) is 7.05 Å². The summed E-state index contributed by atoms with van der Waals surface area (Å²) >= 11 is 5.62. The number of aromatic nitrogens is 1. The zero-order chi connectivity index (χ0) is 12.0. The lowest BCUT2D eigenvalue weighted by atomic mass is 10.2. The van der Waals surface area contributed by atoms with E-state index in [1.165, 1.54) is 12.3 Å². The van der Waals surface area contributed by atoms with Gasteiger partial charge in [-0.3, -0.25) is 0 Å². The number of rotatable bonds is 3. The maximum Gasteiger partial charge on any atom is 0.338 e. The molecule has 5 heteroatoms. The molecule has 0 aliphatic carbocycles. The standard InChI is InChI=1S/C11H11ClN2O2/c1-13-5-3-2-4-8-6-9(11(15)16)10(12)14-7-8/h6-7,13H,3,5H2,1H3,(H,15,16). The van der Waals surface area contributed by atoms with Crippen LogP contribution in [0.4, 0.5) is 0 Å². The van der Waals surface area contributed by atoms with Gasteiger partial charge in [-0.05, 0) is 13.1 Å². The average Bonchev–Trinajstić information content (AvgIpc) is 2.26. The first-order valence-electron chi connectivity index (χ1n) is 4.67. The Kier molecular flexibility index (Phi) is 4.77. The highest BCUT2D eigenvalue weighted by atomic mass is 35.5. The number of carboxylic acid groups (broad SMARTS) is 1. The van der Waals surface area contributed by atoms with E-state index in [9.17, 15) is 4.79 Å². The monoisotopic (exact) mass is 238 g/mol. The second-order valence-electron chi connectivity index (χ2n) is 3.02. The Morgan fingerprint density at radius 2 is 2.44 bits per heavy atom. The van der Waals surface area contributed by atoms with Gasteiger partial charge in [0.2, 0.25) is 0 Å². The second-order valence-corrected chi connectivity index (χ2v) is 3.38. The summed E-state index contributed by atoms with van der Waals surface area (Å²) in [5.41, 5.74) is 0.528. The number of carboxylic acids is 1. The summed E-state index contributed by atoms with van der Waals surface area (Å²) in [7, 11) is 1.84. The molecule has 0 atom stereocenters. The molecular weight excluding hydrogens is 228 g/mol. The lowest BCUT2D eigenvalue weighted by Crippen LogP contribution is -2.05. The van der Waals surface area contributed by atoms with Gasteiger partial charge in [0.15, 0.2) is 0 Å². The van der Waals surface area contributed by atoms with Crippen LogP contribution in [0.25, 0.3) is 0 Å². The van der Waals surface area contributed by atoms with E-state index in [4.69, 9.17) is 16.7 Å². The number of hydrogen-bond donors (Lipinski definition) is 2. The molecule has 0 spiro atoms. The normalized spacial score (nSPS) is 9.38. The van der Waals surface area contributed by atoms with E-state index in [0.717, 1.165) is 6.54 Å². The lowest BCUT2D eigenvalue weighted by molar-refractivity contribution is 0.0696. The van der Waals surface area contributed by atoms with E-state index in [1.54, 1.807) is 0 Å². The maximum atomic E-state index is 10.8. The summed E-state index contributed by atoms with van der Waals surface area (Å²) in [6, 6.07) is 1.42. The van der Waals surface area contributed by atoms with Crippen LogP contribution in [-0.4, -0.2) is 29.7 Å². The third-order valence-corrected chi connectivity index (χ3v) is 2.10. The predicted octanol–water partition coefficient (Wildman–Crippen LogP) is 1.39. The van der Waals surface area contributed by atoms with E-state index >= 15 is 0 Å². The molecule has 0 bridgehead atoms. The Balaban J connectivity index is 2.85. The number of pyridine rings is 1. The molecule has 0 aliphatic heterocycles. The summed E-state index contributed by atoms with van der Waals surface area (Å²) in [5.74, 6) is 4.63. The quantitative estimate of drug-likeness (QED) is 0.475. The number of halogens is 1. The van der Waals surface area contributed by atoms with Crippen molar-refractivity contribution in [2.45, 2.75) is 6.42 Å². The molecule has 0 amide bonds. The van der Waals surface area contributed by atoms with Gasteiger partial charge in [0.1, 0.15) is 5.15 Å². The molecule has 16 heavy (non-hydrogen) atoms. The van der Waals surface area contributed by atoms with Crippen molar-refractivity contribution in [2.75, 3.05) is 13.6 Å². The van der Waals surface area contributed by atoms with Crippen LogP contribution in [0.15, 0.2) is 12.3 Å². The molecule has 1 aromatic rings. The van der Waals surface area contributed by atoms with Crippen molar-refractivity contribution in [1.82, 2.24) is 10.3 Å². The molecular formula is C11H11ClN2O2. The maximum absolute atomic E-state index is 10.8. The highest BCUT2D eigenvalue weighted by Crippen LogP contribution is 2.13. The first kappa shape index (κ1) is 12.5. The van der Waals surface area contributed by atoms with Gasteiger partial charge in [0, 0.05) is 24.7 Å². The van der Waals surface area contributed by atoms with E-state index < -0.39 is 5.97 Å². The van der Waals surface area contributed by atoms with Gasteiger partial charge in [-0.2, -0.15) is 0 Å². The van der Waals surface area contributed by atoms with Crippen molar-refractivity contribution < 1.29 is 9.90 Å². The van der Waals surface area contributed by atoms with E-state index in [-0.39, 0.29) is 10.7 Å². The van der Waals surface area contributed by atoms with Crippen molar-refractivity contribution in [3.8, 4) is 11.8 Å². The van der Waals surface area contributed by atoms with Crippen molar-refractivity contribution in [3.05, 3.63) is 28.5 Å². The minimum atomic E-state index is -1.10. The van der Waals surface area contributed by atoms with Gasteiger partial charge in [-0.25, -0.2) is 9.78 Å². The minimum Gasteiger partial charge on any atom is -0.478 e. The lowest BCUT2D eigenvalue weighted by Gasteiger charge is -1.97. The van der Waals surface area contributed by atoms with Crippen molar-refractivity contribution >= 4 is 17.6 Å². The Morgan fingerprint density at radius 1 is 1.69 bits per heavy atom. The Hall–Kier alpha value is -1.57. The van der Waals surface area contributed by atoms with Crippen molar-refractivity contribution in [1.29, 1.82) is 0 Å².